The molecule has 0 aromatic heterocycles. The molecule has 0 saturated carbocycles. The maximum absolute atomic E-state index is 10.6. The molecule has 0 aliphatic heterocycles. The van der Waals surface area contributed by atoms with Crippen molar-refractivity contribution >= 4 is 5.97 Å². The van der Waals surface area contributed by atoms with E-state index in [1.165, 1.54) is 5.56 Å². The average molecular weight is 223 g/mol. The summed E-state index contributed by atoms with van der Waals surface area (Å²) in [5.41, 5.74) is 3.98. The van der Waals surface area contributed by atoms with E-state index >= 15 is 0 Å². The van der Waals surface area contributed by atoms with Crippen LogP contribution in [0.4, 0.5) is 0 Å². The summed E-state index contributed by atoms with van der Waals surface area (Å²) in [7, 11) is 0. The molecule has 0 aliphatic rings. The second-order valence-electron chi connectivity index (χ2n) is 4.10. The molecule has 0 saturated heterocycles. The van der Waals surface area contributed by atoms with E-state index in [0.717, 1.165) is 5.56 Å². The normalized spacial score (nSPS) is 12.8. The highest BCUT2D eigenvalue weighted by atomic mass is 16.5. The van der Waals surface area contributed by atoms with Gasteiger partial charge in [0.15, 0.2) is 0 Å². The van der Waals surface area contributed by atoms with Crippen molar-refractivity contribution in [2.75, 3.05) is 0 Å². The van der Waals surface area contributed by atoms with Crippen molar-refractivity contribution in [3.63, 3.8) is 0 Å². The molecule has 88 valence electrons. The molecule has 0 amide bonds. The van der Waals surface area contributed by atoms with Crippen molar-refractivity contribution in [2.45, 2.75) is 32.2 Å². The first-order valence-corrected chi connectivity index (χ1v) is 5.26. The number of carboxylic acid groups (broad SMARTS) is 1. The van der Waals surface area contributed by atoms with Gasteiger partial charge in [-0.3, -0.25) is 4.79 Å². The molecule has 0 spiro atoms. The average Bonchev–Trinajstić information content (AvgIpc) is 2.25. The Balaban J connectivity index is 2.82. The van der Waals surface area contributed by atoms with Crippen molar-refractivity contribution in [1.82, 2.24) is 5.48 Å². The first-order valence-electron chi connectivity index (χ1n) is 5.26. The van der Waals surface area contributed by atoms with Crippen LogP contribution in [-0.2, 0) is 4.79 Å². The molecule has 16 heavy (non-hydrogen) atoms. The second-order valence-corrected chi connectivity index (χ2v) is 4.10. The number of hydroxylamine groups is 1. The van der Waals surface area contributed by atoms with Gasteiger partial charge in [0.25, 0.3) is 0 Å². The highest BCUT2D eigenvalue weighted by molar-refractivity contribution is 5.67. The number of hydrogen-bond donors (Lipinski definition) is 3. The number of rotatable bonds is 5. The summed E-state index contributed by atoms with van der Waals surface area (Å²) in [5, 5.41) is 17.6. The highest BCUT2D eigenvalue weighted by Gasteiger charge is 2.14. The van der Waals surface area contributed by atoms with E-state index in [1.54, 1.807) is 0 Å². The molecule has 1 aromatic rings. The number of aliphatic carboxylic acids is 1. The molecule has 0 bridgehead atoms. The predicted octanol–water partition coefficient (Wildman–Crippen LogP) is 2.30. The zero-order valence-electron chi connectivity index (χ0n) is 9.47. The van der Waals surface area contributed by atoms with E-state index in [9.17, 15) is 4.79 Å². The monoisotopic (exact) mass is 223 g/mol. The van der Waals surface area contributed by atoms with E-state index in [4.69, 9.17) is 10.3 Å². The number of carbonyl (C=O) groups is 1. The predicted molar refractivity (Wildman–Crippen MR) is 60.4 cm³/mol. The fourth-order valence-corrected chi connectivity index (χ4v) is 1.53. The Bertz CT molecular complexity index is 346. The minimum Gasteiger partial charge on any atom is -0.481 e. The fourth-order valence-electron chi connectivity index (χ4n) is 1.53. The van der Waals surface area contributed by atoms with Crippen LogP contribution >= 0.6 is 0 Å². The number of nitrogens with one attached hydrogen (secondary N) is 1. The lowest BCUT2D eigenvalue weighted by molar-refractivity contribution is -0.138. The number of hydrogen-bond acceptors (Lipinski definition) is 3. The van der Waals surface area contributed by atoms with Gasteiger partial charge in [-0.05, 0) is 17.0 Å². The fraction of sp³-hybridized carbons (Fsp3) is 0.417. The molecule has 1 rings (SSSR count). The molecular formula is C12H17NO3. The summed E-state index contributed by atoms with van der Waals surface area (Å²) in [6.07, 6.45) is -0.141. The zero-order chi connectivity index (χ0) is 12.1. The maximum Gasteiger partial charge on any atom is 0.305 e. The van der Waals surface area contributed by atoms with Gasteiger partial charge in [0, 0.05) is 0 Å². The molecule has 1 aromatic carbocycles. The molecule has 0 fully saturated rings. The van der Waals surface area contributed by atoms with Gasteiger partial charge in [-0.1, -0.05) is 38.1 Å². The van der Waals surface area contributed by atoms with Gasteiger partial charge in [0.2, 0.25) is 0 Å². The summed E-state index contributed by atoms with van der Waals surface area (Å²) >= 11 is 0. The molecular weight excluding hydrogens is 206 g/mol. The minimum atomic E-state index is -0.945. The van der Waals surface area contributed by atoms with Crippen molar-refractivity contribution < 1.29 is 15.1 Å². The van der Waals surface area contributed by atoms with Crippen molar-refractivity contribution in [3.8, 4) is 0 Å². The molecule has 0 radical (unpaired) electrons. The lowest BCUT2D eigenvalue weighted by atomic mass is 9.98. The third-order valence-corrected chi connectivity index (χ3v) is 2.54. The van der Waals surface area contributed by atoms with Crippen LogP contribution in [0.15, 0.2) is 24.3 Å². The van der Waals surface area contributed by atoms with Gasteiger partial charge in [-0.25, -0.2) is 0 Å². The lowest BCUT2D eigenvalue weighted by Crippen LogP contribution is -2.20. The summed E-state index contributed by atoms with van der Waals surface area (Å²) in [6, 6.07) is 7.02. The van der Waals surface area contributed by atoms with Crippen molar-refractivity contribution in [1.29, 1.82) is 0 Å². The Morgan fingerprint density at radius 1 is 1.25 bits per heavy atom. The van der Waals surface area contributed by atoms with Gasteiger partial charge in [0.1, 0.15) is 0 Å². The molecule has 3 N–H and O–H groups in total. The van der Waals surface area contributed by atoms with Crippen LogP contribution in [-0.4, -0.2) is 16.3 Å². The molecule has 4 nitrogen and oxygen atoms in total. The maximum atomic E-state index is 10.6. The second kappa shape index (κ2) is 5.63. The van der Waals surface area contributed by atoms with Crippen LogP contribution in [0.2, 0.25) is 0 Å². The zero-order valence-corrected chi connectivity index (χ0v) is 9.47. The standard InChI is InChI=1S/C12H17NO3/c1-8(2)9-3-5-10(6-4-9)11(13-16)7-12(14)15/h3-6,8,11,13,16H,7H2,1-2H3,(H,14,15). The summed E-state index contributed by atoms with van der Waals surface area (Å²) < 4.78 is 0. The molecule has 4 heteroatoms. The molecule has 1 unspecified atom stereocenters. The van der Waals surface area contributed by atoms with Gasteiger partial charge in [0.05, 0.1) is 12.5 Å². The molecule has 1 atom stereocenters. The summed E-state index contributed by atoms with van der Waals surface area (Å²) in [5.74, 6) is -0.506. The topological polar surface area (TPSA) is 69.6 Å². The number of benzene rings is 1. The van der Waals surface area contributed by atoms with Crippen LogP contribution in [0.25, 0.3) is 0 Å². The first-order chi connectivity index (χ1) is 7.54. The Labute approximate surface area is 94.9 Å². The van der Waals surface area contributed by atoms with E-state index in [1.807, 2.05) is 29.7 Å². The number of carboxylic acids is 1. The molecule has 0 heterocycles. The van der Waals surface area contributed by atoms with Gasteiger partial charge in [-0.2, -0.15) is 5.48 Å². The Kier molecular flexibility index (Phi) is 4.46. The Morgan fingerprint density at radius 3 is 2.12 bits per heavy atom. The summed E-state index contributed by atoms with van der Waals surface area (Å²) in [6.45, 7) is 4.18. The van der Waals surface area contributed by atoms with Crippen molar-refractivity contribution in [3.05, 3.63) is 35.4 Å². The lowest BCUT2D eigenvalue weighted by Gasteiger charge is -2.14. The third-order valence-electron chi connectivity index (χ3n) is 2.54. The SMILES string of the molecule is CC(C)c1ccc(C(CC(=O)O)NO)cc1. The summed E-state index contributed by atoms with van der Waals surface area (Å²) in [4.78, 5) is 10.6. The van der Waals surface area contributed by atoms with Crippen LogP contribution in [0.5, 0.6) is 0 Å². The van der Waals surface area contributed by atoms with Crippen LogP contribution in [0.1, 0.15) is 43.4 Å². The van der Waals surface area contributed by atoms with Gasteiger partial charge >= 0.3 is 5.97 Å². The van der Waals surface area contributed by atoms with Crippen LogP contribution in [0, 0.1) is 0 Å². The van der Waals surface area contributed by atoms with E-state index in [0.29, 0.717) is 5.92 Å². The molecule has 0 aliphatic carbocycles. The van der Waals surface area contributed by atoms with Crippen LogP contribution in [0.3, 0.4) is 0 Å². The van der Waals surface area contributed by atoms with E-state index in [2.05, 4.69) is 13.8 Å². The Hall–Kier alpha value is -1.39. The van der Waals surface area contributed by atoms with Gasteiger partial charge in [-0.15, -0.1) is 0 Å². The van der Waals surface area contributed by atoms with E-state index in [-0.39, 0.29) is 6.42 Å². The first kappa shape index (κ1) is 12.7. The largest absolute Gasteiger partial charge is 0.481 e. The highest BCUT2D eigenvalue weighted by Crippen LogP contribution is 2.20. The minimum absolute atomic E-state index is 0.141. The van der Waals surface area contributed by atoms with E-state index < -0.39 is 12.0 Å². The quantitative estimate of drug-likeness (QED) is 0.670. The van der Waals surface area contributed by atoms with Gasteiger partial charge < -0.3 is 10.3 Å². The van der Waals surface area contributed by atoms with Crippen LogP contribution < -0.4 is 5.48 Å². The Morgan fingerprint density at radius 2 is 1.75 bits per heavy atom. The smallest absolute Gasteiger partial charge is 0.305 e. The van der Waals surface area contributed by atoms with Crippen molar-refractivity contribution in [2.24, 2.45) is 0 Å². The third kappa shape index (κ3) is 3.32.